The highest BCUT2D eigenvalue weighted by molar-refractivity contribution is 5.89. The lowest BCUT2D eigenvalue weighted by Gasteiger charge is -2.32. The Kier molecular flexibility index (Phi) is 4.67. The van der Waals surface area contributed by atoms with E-state index in [1.165, 1.54) is 6.92 Å². The Morgan fingerprint density at radius 1 is 1.29 bits per heavy atom. The molecule has 21 heavy (non-hydrogen) atoms. The first-order valence-corrected chi connectivity index (χ1v) is 7.15. The van der Waals surface area contributed by atoms with Crippen LogP contribution in [0.1, 0.15) is 25.3 Å². The molecule has 1 heterocycles. The predicted octanol–water partition coefficient (Wildman–Crippen LogP) is 1.91. The zero-order valence-electron chi connectivity index (χ0n) is 12.5. The van der Waals surface area contributed by atoms with E-state index in [-0.39, 0.29) is 11.9 Å². The number of hydrogen-bond acceptors (Lipinski definition) is 3. The molecule has 4 N–H and O–H groups in total. The lowest BCUT2D eigenvalue weighted by molar-refractivity contribution is -0.114. The minimum atomic E-state index is -0.350. The van der Waals surface area contributed by atoms with Gasteiger partial charge in [0.15, 0.2) is 0 Å². The van der Waals surface area contributed by atoms with Crippen LogP contribution in [0.2, 0.25) is 0 Å². The lowest BCUT2D eigenvalue weighted by Crippen LogP contribution is -2.44. The van der Waals surface area contributed by atoms with Crippen LogP contribution < -0.4 is 16.4 Å². The molecule has 0 atom stereocenters. The van der Waals surface area contributed by atoms with Crippen molar-refractivity contribution in [1.29, 1.82) is 0 Å². The van der Waals surface area contributed by atoms with E-state index in [0.717, 1.165) is 29.8 Å². The molecule has 2 rings (SSSR count). The molecule has 0 aromatic heterocycles. The van der Waals surface area contributed by atoms with E-state index in [1.54, 1.807) is 4.90 Å². The molecule has 0 aliphatic carbocycles. The first kappa shape index (κ1) is 15.2. The maximum absolute atomic E-state index is 11.1. The van der Waals surface area contributed by atoms with Crippen molar-refractivity contribution in [1.82, 2.24) is 4.90 Å². The highest BCUT2D eigenvalue weighted by atomic mass is 16.2. The number of carbonyl (C=O) groups excluding carboxylic acids is 2. The average molecular weight is 290 g/mol. The molecule has 1 aromatic rings. The number of amides is 3. The third-order valence-corrected chi connectivity index (χ3v) is 3.72. The molecule has 114 valence electrons. The van der Waals surface area contributed by atoms with Gasteiger partial charge >= 0.3 is 6.03 Å². The van der Waals surface area contributed by atoms with E-state index >= 15 is 0 Å². The number of primary amides is 1. The third-order valence-electron chi connectivity index (χ3n) is 3.72. The van der Waals surface area contributed by atoms with Crippen molar-refractivity contribution in [2.24, 2.45) is 5.73 Å². The number of nitrogens with one attached hydrogen (secondary N) is 2. The quantitative estimate of drug-likeness (QED) is 0.794. The number of anilines is 2. The molecular formula is C15H22N4O2. The Hall–Kier alpha value is -2.24. The summed E-state index contributed by atoms with van der Waals surface area (Å²) in [5.74, 6) is -0.0837. The number of likely N-dealkylation sites (tertiary alicyclic amines) is 1. The molecule has 0 spiro atoms. The summed E-state index contributed by atoms with van der Waals surface area (Å²) in [6, 6.07) is 5.77. The summed E-state index contributed by atoms with van der Waals surface area (Å²) in [4.78, 5) is 23.9. The fourth-order valence-electron chi connectivity index (χ4n) is 2.52. The van der Waals surface area contributed by atoms with E-state index in [0.29, 0.717) is 19.1 Å². The van der Waals surface area contributed by atoms with Crippen LogP contribution in [-0.2, 0) is 4.79 Å². The molecule has 0 unspecified atom stereocenters. The summed E-state index contributed by atoms with van der Waals surface area (Å²) in [6.07, 6.45) is 1.74. The molecule has 1 aliphatic rings. The molecule has 0 saturated carbocycles. The standard InChI is InChI=1S/C15H22N4O2/c1-10-3-4-13(17-11(2)20)9-14(10)18-12-5-7-19(8-6-12)15(16)21/h3-4,9,12,18H,5-8H2,1-2H3,(H2,16,21)(H,17,20). The minimum Gasteiger partial charge on any atom is -0.382 e. The number of nitrogens with zero attached hydrogens (tertiary/aromatic N) is 1. The van der Waals surface area contributed by atoms with Gasteiger partial charge in [-0.25, -0.2) is 4.79 Å². The Balaban J connectivity index is 1.99. The number of nitrogens with two attached hydrogens (primary N) is 1. The van der Waals surface area contributed by atoms with Crippen LogP contribution in [0.15, 0.2) is 18.2 Å². The van der Waals surface area contributed by atoms with Crippen LogP contribution in [0.5, 0.6) is 0 Å². The van der Waals surface area contributed by atoms with Gasteiger partial charge in [-0.05, 0) is 37.5 Å². The van der Waals surface area contributed by atoms with Crippen molar-refractivity contribution < 1.29 is 9.59 Å². The number of benzene rings is 1. The molecule has 1 aromatic carbocycles. The smallest absolute Gasteiger partial charge is 0.314 e. The summed E-state index contributed by atoms with van der Waals surface area (Å²) in [7, 11) is 0. The van der Waals surface area contributed by atoms with Gasteiger partial charge in [0.25, 0.3) is 0 Å². The van der Waals surface area contributed by atoms with Crippen molar-refractivity contribution in [2.45, 2.75) is 32.7 Å². The number of carbonyl (C=O) groups is 2. The number of aryl methyl sites for hydroxylation is 1. The second-order valence-corrected chi connectivity index (χ2v) is 5.45. The molecule has 3 amide bonds. The first-order chi connectivity index (χ1) is 9.95. The van der Waals surface area contributed by atoms with Crippen LogP contribution in [0.3, 0.4) is 0 Å². The third kappa shape index (κ3) is 4.11. The van der Waals surface area contributed by atoms with Crippen molar-refractivity contribution >= 4 is 23.3 Å². The van der Waals surface area contributed by atoms with E-state index in [1.807, 2.05) is 25.1 Å². The number of urea groups is 1. The topological polar surface area (TPSA) is 87.5 Å². The normalized spacial score (nSPS) is 15.6. The Morgan fingerprint density at radius 3 is 2.52 bits per heavy atom. The second kappa shape index (κ2) is 6.47. The molecular weight excluding hydrogens is 268 g/mol. The van der Waals surface area contributed by atoms with Crippen molar-refractivity contribution in [3.63, 3.8) is 0 Å². The van der Waals surface area contributed by atoms with Crippen LogP contribution in [0.4, 0.5) is 16.2 Å². The van der Waals surface area contributed by atoms with Gasteiger partial charge in [0.05, 0.1) is 0 Å². The Morgan fingerprint density at radius 2 is 1.95 bits per heavy atom. The van der Waals surface area contributed by atoms with Gasteiger partial charge in [-0.1, -0.05) is 6.07 Å². The van der Waals surface area contributed by atoms with Gasteiger partial charge in [0.1, 0.15) is 0 Å². The molecule has 0 bridgehead atoms. The summed E-state index contributed by atoms with van der Waals surface area (Å²) < 4.78 is 0. The van der Waals surface area contributed by atoms with Crippen LogP contribution >= 0.6 is 0 Å². The molecule has 1 saturated heterocycles. The van der Waals surface area contributed by atoms with Gasteiger partial charge in [0, 0.05) is 37.4 Å². The summed E-state index contributed by atoms with van der Waals surface area (Å²) in [6.45, 7) is 4.87. The van der Waals surface area contributed by atoms with Crippen molar-refractivity contribution in [3.05, 3.63) is 23.8 Å². The lowest BCUT2D eigenvalue weighted by atomic mass is 10.0. The van der Waals surface area contributed by atoms with Gasteiger partial charge in [-0.15, -0.1) is 0 Å². The number of rotatable bonds is 3. The minimum absolute atomic E-state index is 0.0837. The molecule has 1 fully saturated rings. The SMILES string of the molecule is CC(=O)Nc1ccc(C)c(NC2CCN(C(N)=O)CC2)c1. The molecule has 6 nitrogen and oxygen atoms in total. The highest BCUT2D eigenvalue weighted by Crippen LogP contribution is 2.23. The fourth-order valence-corrected chi connectivity index (χ4v) is 2.52. The van der Waals surface area contributed by atoms with Crippen molar-refractivity contribution in [2.75, 3.05) is 23.7 Å². The summed E-state index contributed by atoms with van der Waals surface area (Å²) in [5, 5.41) is 6.28. The average Bonchev–Trinajstić information content (AvgIpc) is 2.42. The maximum Gasteiger partial charge on any atom is 0.314 e. The maximum atomic E-state index is 11.1. The molecule has 6 heteroatoms. The van der Waals surface area contributed by atoms with E-state index < -0.39 is 0 Å². The van der Waals surface area contributed by atoms with E-state index in [9.17, 15) is 9.59 Å². The van der Waals surface area contributed by atoms with Gasteiger partial charge in [0.2, 0.25) is 5.91 Å². The highest BCUT2D eigenvalue weighted by Gasteiger charge is 2.21. The van der Waals surface area contributed by atoms with Gasteiger partial charge < -0.3 is 21.3 Å². The van der Waals surface area contributed by atoms with Crippen LogP contribution in [0, 0.1) is 6.92 Å². The van der Waals surface area contributed by atoms with E-state index in [2.05, 4.69) is 10.6 Å². The Bertz CT molecular complexity index is 536. The van der Waals surface area contributed by atoms with Gasteiger partial charge in [-0.2, -0.15) is 0 Å². The summed E-state index contributed by atoms with van der Waals surface area (Å²) >= 11 is 0. The Labute approximate surface area is 124 Å². The fraction of sp³-hybridized carbons (Fsp3) is 0.467. The summed E-state index contributed by atoms with van der Waals surface area (Å²) in [5.41, 5.74) is 8.20. The zero-order chi connectivity index (χ0) is 15.4. The van der Waals surface area contributed by atoms with Gasteiger partial charge in [-0.3, -0.25) is 4.79 Å². The largest absolute Gasteiger partial charge is 0.382 e. The van der Waals surface area contributed by atoms with Crippen LogP contribution in [0.25, 0.3) is 0 Å². The second-order valence-electron chi connectivity index (χ2n) is 5.45. The van der Waals surface area contributed by atoms with E-state index in [4.69, 9.17) is 5.73 Å². The monoisotopic (exact) mass is 290 g/mol. The molecule has 1 aliphatic heterocycles. The first-order valence-electron chi connectivity index (χ1n) is 7.15. The molecule has 0 radical (unpaired) electrons. The number of piperidine rings is 1. The van der Waals surface area contributed by atoms with Crippen molar-refractivity contribution in [3.8, 4) is 0 Å². The predicted molar refractivity (Wildman–Crippen MR) is 83.3 cm³/mol. The number of hydrogen-bond donors (Lipinski definition) is 3. The zero-order valence-corrected chi connectivity index (χ0v) is 12.5. The van der Waals surface area contributed by atoms with Crippen LogP contribution in [-0.4, -0.2) is 36.0 Å².